The van der Waals surface area contributed by atoms with Crippen molar-refractivity contribution in [1.82, 2.24) is 19.7 Å². The predicted octanol–water partition coefficient (Wildman–Crippen LogP) is 2.12. The second-order valence-electron chi connectivity index (χ2n) is 6.45. The van der Waals surface area contributed by atoms with E-state index < -0.39 is 0 Å². The van der Waals surface area contributed by atoms with Gasteiger partial charge in [0.1, 0.15) is 5.69 Å². The first kappa shape index (κ1) is 19.4. The van der Waals surface area contributed by atoms with E-state index >= 15 is 0 Å². The average Bonchev–Trinajstić information content (AvgIpc) is 2.67. The first-order valence-electron chi connectivity index (χ1n) is 9.37. The fourth-order valence-electron chi connectivity index (χ4n) is 3.15. The maximum Gasteiger partial charge on any atom is 0.272 e. The Balaban J connectivity index is 2.09. The molecule has 0 aromatic carbocycles. The molecule has 1 aromatic rings. The maximum absolute atomic E-state index is 12.7. The molecule has 2 amide bonds. The van der Waals surface area contributed by atoms with Crippen molar-refractivity contribution in [2.45, 2.75) is 33.6 Å². The van der Waals surface area contributed by atoms with Gasteiger partial charge in [0.2, 0.25) is 0 Å². The largest absolute Gasteiger partial charge is 0.337 e. The van der Waals surface area contributed by atoms with Gasteiger partial charge in [-0.2, -0.15) is 0 Å². The number of nitrogens with zero attached hydrogens (tertiary/aromatic N) is 4. The van der Waals surface area contributed by atoms with E-state index in [9.17, 15) is 9.59 Å². The Morgan fingerprint density at radius 2 is 1.72 bits per heavy atom. The second-order valence-corrected chi connectivity index (χ2v) is 6.45. The van der Waals surface area contributed by atoms with E-state index in [4.69, 9.17) is 0 Å². The summed E-state index contributed by atoms with van der Waals surface area (Å²) < 4.78 is 0. The van der Waals surface area contributed by atoms with Crippen LogP contribution in [0.2, 0.25) is 0 Å². The third kappa shape index (κ3) is 5.01. The van der Waals surface area contributed by atoms with Gasteiger partial charge in [-0.3, -0.25) is 14.6 Å². The number of piperazine rings is 1. The second kappa shape index (κ2) is 9.51. The number of carbonyl (C=O) groups excluding carboxylic acids is 2. The summed E-state index contributed by atoms with van der Waals surface area (Å²) in [7, 11) is 0. The van der Waals surface area contributed by atoms with Crippen LogP contribution < -0.4 is 0 Å². The third-order valence-electron chi connectivity index (χ3n) is 4.61. The highest BCUT2D eigenvalue weighted by atomic mass is 16.2. The molecule has 0 saturated carbocycles. The topological polar surface area (TPSA) is 56.8 Å². The molecule has 0 N–H and O–H groups in total. The number of rotatable bonds is 7. The van der Waals surface area contributed by atoms with Gasteiger partial charge >= 0.3 is 0 Å². The summed E-state index contributed by atoms with van der Waals surface area (Å²) in [5, 5.41) is 0. The van der Waals surface area contributed by atoms with E-state index in [1.807, 2.05) is 9.80 Å². The molecule has 6 nitrogen and oxygen atoms in total. The SMILES string of the molecule is CCCN(CCC)C(=O)c1cc(C(=O)N2CCN(CC)CC2)ccn1. The molecule has 0 radical (unpaired) electrons. The van der Waals surface area contributed by atoms with Gasteiger partial charge in [-0.15, -0.1) is 0 Å². The van der Waals surface area contributed by atoms with Crippen molar-refractivity contribution >= 4 is 11.8 Å². The molecule has 1 aliphatic rings. The van der Waals surface area contributed by atoms with Crippen molar-refractivity contribution < 1.29 is 9.59 Å². The molecule has 0 aliphatic carbocycles. The van der Waals surface area contributed by atoms with Gasteiger partial charge in [0.05, 0.1) is 0 Å². The zero-order chi connectivity index (χ0) is 18.2. The van der Waals surface area contributed by atoms with E-state index in [-0.39, 0.29) is 11.8 Å². The Morgan fingerprint density at radius 1 is 1.08 bits per heavy atom. The van der Waals surface area contributed by atoms with Gasteiger partial charge < -0.3 is 14.7 Å². The van der Waals surface area contributed by atoms with Gasteiger partial charge in [-0.1, -0.05) is 20.8 Å². The van der Waals surface area contributed by atoms with E-state index in [1.54, 1.807) is 18.3 Å². The lowest BCUT2D eigenvalue weighted by Gasteiger charge is -2.34. The minimum Gasteiger partial charge on any atom is -0.337 e. The Hall–Kier alpha value is -1.95. The molecule has 2 rings (SSSR count). The monoisotopic (exact) mass is 346 g/mol. The number of likely N-dealkylation sites (N-methyl/N-ethyl adjacent to an activating group) is 1. The Labute approximate surface area is 150 Å². The number of aromatic nitrogens is 1. The zero-order valence-electron chi connectivity index (χ0n) is 15.7. The Morgan fingerprint density at radius 3 is 2.28 bits per heavy atom. The molecule has 0 spiro atoms. The lowest BCUT2D eigenvalue weighted by molar-refractivity contribution is 0.0643. The van der Waals surface area contributed by atoms with Crippen LogP contribution >= 0.6 is 0 Å². The van der Waals surface area contributed by atoms with Gasteiger partial charge in [0, 0.05) is 51.0 Å². The molecule has 2 heterocycles. The maximum atomic E-state index is 12.7. The summed E-state index contributed by atoms with van der Waals surface area (Å²) in [5.74, 6) is -0.0983. The smallest absolute Gasteiger partial charge is 0.272 e. The van der Waals surface area contributed by atoms with Gasteiger partial charge in [0.15, 0.2) is 0 Å². The van der Waals surface area contributed by atoms with E-state index in [0.717, 1.165) is 45.6 Å². The van der Waals surface area contributed by atoms with Crippen LogP contribution in [0.25, 0.3) is 0 Å². The highest BCUT2D eigenvalue weighted by molar-refractivity contribution is 5.98. The van der Waals surface area contributed by atoms with Crippen molar-refractivity contribution in [3.8, 4) is 0 Å². The molecular weight excluding hydrogens is 316 g/mol. The quantitative estimate of drug-likeness (QED) is 0.759. The minimum atomic E-state index is -0.0887. The molecule has 138 valence electrons. The van der Waals surface area contributed by atoms with Crippen molar-refractivity contribution in [2.75, 3.05) is 45.8 Å². The van der Waals surface area contributed by atoms with Crippen molar-refractivity contribution in [3.05, 3.63) is 29.6 Å². The van der Waals surface area contributed by atoms with Crippen LogP contribution in [0, 0.1) is 0 Å². The summed E-state index contributed by atoms with van der Waals surface area (Å²) in [4.78, 5) is 35.7. The minimum absolute atomic E-state index is 0.00950. The molecule has 0 unspecified atom stereocenters. The van der Waals surface area contributed by atoms with Crippen LogP contribution in [0.1, 0.15) is 54.5 Å². The first-order valence-corrected chi connectivity index (χ1v) is 9.37. The number of pyridine rings is 1. The van der Waals surface area contributed by atoms with Crippen LogP contribution in [-0.4, -0.2) is 77.3 Å². The molecule has 1 fully saturated rings. The first-order chi connectivity index (χ1) is 12.1. The van der Waals surface area contributed by atoms with Gasteiger partial charge in [-0.05, 0) is 31.5 Å². The standard InChI is InChI=1S/C19H30N4O2/c1-4-9-22(10-5-2)19(25)17-15-16(7-8-20-17)18(24)23-13-11-21(6-3)12-14-23/h7-8,15H,4-6,9-14H2,1-3H3. The fraction of sp³-hybridized carbons (Fsp3) is 0.632. The molecule has 25 heavy (non-hydrogen) atoms. The number of amides is 2. The molecule has 0 bridgehead atoms. The van der Waals surface area contributed by atoms with Crippen molar-refractivity contribution in [2.24, 2.45) is 0 Å². The summed E-state index contributed by atoms with van der Waals surface area (Å²) in [5.41, 5.74) is 0.913. The van der Waals surface area contributed by atoms with Crippen LogP contribution in [0.5, 0.6) is 0 Å². The van der Waals surface area contributed by atoms with Crippen molar-refractivity contribution in [3.63, 3.8) is 0 Å². The average molecular weight is 346 g/mol. The highest BCUT2D eigenvalue weighted by Gasteiger charge is 2.23. The lowest BCUT2D eigenvalue weighted by Crippen LogP contribution is -2.48. The lowest BCUT2D eigenvalue weighted by atomic mass is 10.1. The molecule has 1 saturated heterocycles. The normalized spacial score (nSPS) is 15.2. The molecular formula is C19H30N4O2. The Bertz CT molecular complexity index is 577. The van der Waals surface area contributed by atoms with Crippen LogP contribution in [0.3, 0.4) is 0 Å². The summed E-state index contributed by atoms with van der Waals surface area (Å²) in [6.07, 6.45) is 3.39. The van der Waals surface area contributed by atoms with Gasteiger partial charge in [0.25, 0.3) is 11.8 Å². The van der Waals surface area contributed by atoms with Gasteiger partial charge in [-0.25, -0.2) is 0 Å². The Kier molecular flexibility index (Phi) is 7.37. The third-order valence-corrected chi connectivity index (χ3v) is 4.61. The molecule has 1 aromatic heterocycles. The van der Waals surface area contributed by atoms with Crippen molar-refractivity contribution in [1.29, 1.82) is 0 Å². The predicted molar refractivity (Wildman–Crippen MR) is 98.7 cm³/mol. The van der Waals surface area contributed by atoms with E-state index in [1.165, 1.54) is 0 Å². The summed E-state index contributed by atoms with van der Waals surface area (Å²) in [6.45, 7) is 12.0. The summed E-state index contributed by atoms with van der Waals surface area (Å²) >= 11 is 0. The van der Waals surface area contributed by atoms with Crippen LogP contribution in [0.15, 0.2) is 18.3 Å². The molecule has 1 aliphatic heterocycles. The molecule has 6 heteroatoms. The van der Waals surface area contributed by atoms with Crippen LogP contribution in [0.4, 0.5) is 0 Å². The number of hydrogen-bond donors (Lipinski definition) is 0. The van der Waals surface area contributed by atoms with E-state index in [2.05, 4.69) is 30.7 Å². The van der Waals surface area contributed by atoms with Crippen LogP contribution in [-0.2, 0) is 0 Å². The number of hydrogen-bond acceptors (Lipinski definition) is 4. The highest BCUT2D eigenvalue weighted by Crippen LogP contribution is 2.11. The molecule has 0 atom stereocenters. The zero-order valence-corrected chi connectivity index (χ0v) is 15.7. The fourth-order valence-corrected chi connectivity index (χ4v) is 3.15. The van der Waals surface area contributed by atoms with E-state index in [0.29, 0.717) is 24.3 Å². The number of carbonyl (C=O) groups is 2. The summed E-state index contributed by atoms with van der Waals surface area (Å²) in [6, 6.07) is 3.35.